The Morgan fingerprint density at radius 3 is 2.68 bits per heavy atom. The summed E-state index contributed by atoms with van der Waals surface area (Å²) < 4.78 is 5.39. The molecule has 3 N–H and O–H groups in total. The van der Waals surface area contributed by atoms with Gasteiger partial charge in [0.1, 0.15) is 5.75 Å². The van der Waals surface area contributed by atoms with E-state index in [1.807, 2.05) is 24.3 Å². The van der Waals surface area contributed by atoms with E-state index in [0.29, 0.717) is 6.54 Å². The van der Waals surface area contributed by atoms with Crippen LogP contribution in [0.3, 0.4) is 0 Å². The first kappa shape index (κ1) is 15.6. The third-order valence-electron chi connectivity index (χ3n) is 3.74. The molecule has 2 rings (SSSR count). The summed E-state index contributed by atoms with van der Waals surface area (Å²) >= 11 is 0. The van der Waals surface area contributed by atoms with Crippen molar-refractivity contribution >= 4 is 18.4 Å². The molecule has 1 fully saturated rings. The summed E-state index contributed by atoms with van der Waals surface area (Å²) in [7, 11) is 1.65. The van der Waals surface area contributed by atoms with Crippen molar-refractivity contribution in [2.45, 2.75) is 19.4 Å². The number of methoxy groups -OCH3 is 1. The Morgan fingerprint density at radius 1 is 1.53 bits per heavy atom. The van der Waals surface area contributed by atoms with Crippen LogP contribution in [0, 0.1) is 5.92 Å². The molecule has 1 saturated heterocycles. The standard InChI is InChI=1S/C13H19N3O2.ClH/c1-9-8-16(12(14)17)15-13(9,2)10-6-4-5-7-11(10)18-3;/h4-7,9,15H,8H2,1-3H3,(H2,14,17);1H. The van der Waals surface area contributed by atoms with Gasteiger partial charge in [-0.3, -0.25) is 5.01 Å². The Bertz CT molecular complexity index is 469. The summed E-state index contributed by atoms with van der Waals surface area (Å²) in [5.74, 6) is 1.05. The Balaban J connectivity index is 0.00000180. The van der Waals surface area contributed by atoms with Gasteiger partial charge in [-0.25, -0.2) is 10.2 Å². The number of nitrogens with one attached hydrogen (secondary N) is 1. The van der Waals surface area contributed by atoms with Gasteiger partial charge in [0.05, 0.1) is 12.6 Å². The number of benzene rings is 1. The molecule has 2 unspecified atom stereocenters. The minimum absolute atomic E-state index is 0. The fourth-order valence-electron chi connectivity index (χ4n) is 2.44. The van der Waals surface area contributed by atoms with Gasteiger partial charge in [0, 0.05) is 12.1 Å². The molecule has 0 aromatic heterocycles. The lowest BCUT2D eigenvalue weighted by molar-refractivity contribution is 0.184. The second kappa shape index (κ2) is 5.67. The number of nitrogens with zero attached hydrogens (tertiary/aromatic N) is 1. The van der Waals surface area contributed by atoms with Crippen molar-refractivity contribution < 1.29 is 9.53 Å². The lowest BCUT2D eigenvalue weighted by Crippen LogP contribution is -2.47. The van der Waals surface area contributed by atoms with Crippen LogP contribution in [0.5, 0.6) is 5.75 Å². The zero-order valence-electron chi connectivity index (χ0n) is 11.3. The molecule has 19 heavy (non-hydrogen) atoms. The summed E-state index contributed by atoms with van der Waals surface area (Å²) in [5.41, 5.74) is 9.18. The third kappa shape index (κ3) is 2.62. The summed E-state index contributed by atoms with van der Waals surface area (Å²) in [4.78, 5) is 11.3. The largest absolute Gasteiger partial charge is 0.496 e. The monoisotopic (exact) mass is 285 g/mol. The number of hydrogen-bond donors (Lipinski definition) is 2. The maximum absolute atomic E-state index is 11.3. The van der Waals surface area contributed by atoms with Crippen LogP contribution in [0.2, 0.25) is 0 Å². The minimum Gasteiger partial charge on any atom is -0.496 e. The van der Waals surface area contributed by atoms with E-state index in [1.54, 1.807) is 7.11 Å². The number of urea groups is 1. The average molecular weight is 286 g/mol. The Kier molecular flexibility index (Phi) is 4.66. The van der Waals surface area contributed by atoms with Crippen LogP contribution >= 0.6 is 12.4 Å². The maximum Gasteiger partial charge on any atom is 0.329 e. The number of hydrogen-bond acceptors (Lipinski definition) is 3. The number of ether oxygens (including phenoxy) is 1. The van der Waals surface area contributed by atoms with Crippen molar-refractivity contribution in [2.24, 2.45) is 11.7 Å². The first-order valence-corrected chi connectivity index (χ1v) is 5.97. The van der Waals surface area contributed by atoms with Crippen LogP contribution in [-0.2, 0) is 5.54 Å². The minimum atomic E-state index is -0.458. The second-order valence-corrected chi connectivity index (χ2v) is 4.86. The van der Waals surface area contributed by atoms with Gasteiger partial charge in [-0.2, -0.15) is 0 Å². The first-order chi connectivity index (χ1) is 8.49. The fraction of sp³-hybridized carbons (Fsp3) is 0.462. The molecule has 1 aromatic carbocycles. The average Bonchev–Trinajstić information content (AvgIpc) is 2.67. The highest BCUT2D eigenvalue weighted by atomic mass is 35.5. The number of carbonyl (C=O) groups excluding carboxylic acids is 1. The quantitative estimate of drug-likeness (QED) is 0.872. The maximum atomic E-state index is 11.3. The zero-order chi connectivity index (χ0) is 13.3. The van der Waals surface area contributed by atoms with Crippen molar-refractivity contribution in [3.8, 4) is 5.75 Å². The number of nitrogens with two attached hydrogens (primary N) is 1. The predicted octanol–water partition coefficient (Wildman–Crippen LogP) is 1.87. The fourth-order valence-corrected chi connectivity index (χ4v) is 2.44. The van der Waals surface area contributed by atoms with Crippen molar-refractivity contribution in [3.05, 3.63) is 29.8 Å². The van der Waals surface area contributed by atoms with Crippen LogP contribution in [0.4, 0.5) is 4.79 Å². The summed E-state index contributed by atoms with van der Waals surface area (Å²) in [6, 6.07) is 7.36. The van der Waals surface area contributed by atoms with Crippen molar-refractivity contribution in [1.29, 1.82) is 0 Å². The van der Waals surface area contributed by atoms with Crippen molar-refractivity contribution in [1.82, 2.24) is 10.4 Å². The number of primary amides is 1. The molecule has 1 aliphatic rings. The van der Waals surface area contributed by atoms with E-state index in [9.17, 15) is 4.79 Å². The Morgan fingerprint density at radius 2 is 2.16 bits per heavy atom. The molecule has 1 aliphatic heterocycles. The summed E-state index contributed by atoms with van der Waals surface area (Å²) in [5, 5.41) is 1.46. The molecular formula is C13H20ClN3O2. The molecule has 0 bridgehead atoms. The number of amides is 2. The topological polar surface area (TPSA) is 67.6 Å². The van der Waals surface area contributed by atoms with Gasteiger partial charge in [-0.15, -0.1) is 12.4 Å². The van der Waals surface area contributed by atoms with Crippen LogP contribution in [0.1, 0.15) is 19.4 Å². The summed E-state index contributed by atoms with van der Waals surface area (Å²) in [6.07, 6.45) is 0. The molecule has 2 atom stereocenters. The predicted molar refractivity (Wildman–Crippen MR) is 76.2 cm³/mol. The smallest absolute Gasteiger partial charge is 0.329 e. The van der Waals surface area contributed by atoms with Gasteiger partial charge in [0.15, 0.2) is 0 Å². The SMILES string of the molecule is COc1ccccc1C1(C)NN(C(N)=O)CC1C.Cl. The number of para-hydroxylation sites is 1. The molecule has 5 nitrogen and oxygen atoms in total. The van der Waals surface area contributed by atoms with Gasteiger partial charge in [0.25, 0.3) is 0 Å². The molecule has 2 amide bonds. The van der Waals surface area contributed by atoms with Gasteiger partial charge in [-0.05, 0) is 18.9 Å². The zero-order valence-corrected chi connectivity index (χ0v) is 12.2. The van der Waals surface area contributed by atoms with E-state index in [4.69, 9.17) is 10.5 Å². The van der Waals surface area contributed by atoms with Crippen LogP contribution in [-0.4, -0.2) is 24.7 Å². The van der Waals surface area contributed by atoms with E-state index in [1.165, 1.54) is 5.01 Å². The highest BCUT2D eigenvalue weighted by Gasteiger charge is 2.44. The van der Waals surface area contributed by atoms with E-state index in [0.717, 1.165) is 11.3 Å². The molecule has 1 heterocycles. The highest BCUT2D eigenvalue weighted by Crippen LogP contribution is 2.39. The summed E-state index contributed by atoms with van der Waals surface area (Å²) in [6.45, 7) is 4.73. The Labute approximate surface area is 119 Å². The van der Waals surface area contributed by atoms with E-state index in [2.05, 4.69) is 19.3 Å². The second-order valence-electron chi connectivity index (χ2n) is 4.86. The Hall–Kier alpha value is -1.46. The van der Waals surface area contributed by atoms with Gasteiger partial charge < -0.3 is 10.5 Å². The van der Waals surface area contributed by atoms with Crippen LogP contribution in [0.15, 0.2) is 24.3 Å². The van der Waals surface area contributed by atoms with E-state index >= 15 is 0 Å². The van der Waals surface area contributed by atoms with Crippen LogP contribution in [0.25, 0.3) is 0 Å². The van der Waals surface area contributed by atoms with Crippen LogP contribution < -0.4 is 15.9 Å². The molecule has 1 aromatic rings. The molecule has 106 valence electrons. The molecule has 0 radical (unpaired) electrons. The molecule has 6 heteroatoms. The van der Waals surface area contributed by atoms with Crippen molar-refractivity contribution in [2.75, 3.05) is 13.7 Å². The number of rotatable bonds is 2. The van der Waals surface area contributed by atoms with Crippen molar-refractivity contribution in [3.63, 3.8) is 0 Å². The van der Waals surface area contributed by atoms with Gasteiger partial charge in [0.2, 0.25) is 0 Å². The molecule has 0 spiro atoms. The lowest BCUT2D eigenvalue weighted by atomic mass is 9.82. The highest BCUT2D eigenvalue weighted by molar-refractivity contribution is 5.85. The van der Waals surface area contributed by atoms with E-state index in [-0.39, 0.29) is 23.9 Å². The van der Waals surface area contributed by atoms with E-state index < -0.39 is 6.03 Å². The van der Waals surface area contributed by atoms with Gasteiger partial charge >= 0.3 is 6.03 Å². The number of hydrazine groups is 1. The molecule has 0 aliphatic carbocycles. The lowest BCUT2D eigenvalue weighted by Gasteiger charge is -2.30. The van der Waals surface area contributed by atoms with Gasteiger partial charge in [-0.1, -0.05) is 25.1 Å². The third-order valence-corrected chi connectivity index (χ3v) is 3.74. The number of halogens is 1. The molecular weight excluding hydrogens is 266 g/mol. The normalized spacial score (nSPS) is 25.8. The number of carbonyl (C=O) groups is 1. The first-order valence-electron chi connectivity index (χ1n) is 5.97. The molecule has 0 saturated carbocycles.